The van der Waals surface area contributed by atoms with Crippen LogP contribution < -0.4 is 0 Å². The van der Waals surface area contributed by atoms with Crippen molar-refractivity contribution in [3.05, 3.63) is 0 Å². The second-order valence-corrected chi connectivity index (χ2v) is 2.51. The van der Waals surface area contributed by atoms with Gasteiger partial charge in [-0.1, -0.05) is 0 Å². The number of nitriles is 1. The largest absolute Gasteiger partial charge is 0.312 e. The molecule has 0 bridgehead atoms. The fourth-order valence-corrected chi connectivity index (χ4v) is 0.625. The van der Waals surface area contributed by atoms with Gasteiger partial charge in [-0.2, -0.15) is 5.26 Å². The summed E-state index contributed by atoms with van der Waals surface area (Å²) < 4.78 is 0. The van der Waals surface area contributed by atoms with Crippen molar-refractivity contribution in [3.63, 3.8) is 0 Å². The second kappa shape index (κ2) is 3.57. The van der Waals surface area contributed by atoms with E-state index in [0.717, 1.165) is 0 Å². The molecule has 0 saturated carbocycles. The lowest BCUT2D eigenvalue weighted by Gasteiger charge is -2.08. The van der Waals surface area contributed by atoms with Crippen molar-refractivity contribution < 1.29 is 0 Å². The van der Waals surface area contributed by atoms with E-state index < -0.39 is 0 Å². The minimum absolute atomic E-state index is 0.0552. The van der Waals surface area contributed by atoms with Crippen LogP contribution >= 0.6 is 11.6 Å². The lowest BCUT2D eigenvalue weighted by atomic mass is 10.4. The van der Waals surface area contributed by atoms with Crippen molar-refractivity contribution in [2.75, 3.05) is 13.6 Å². The van der Waals surface area contributed by atoms with Gasteiger partial charge in [-0.15, -0.1) is 11.6 Å². The van der Waals surface area contributed by atoms with E-state index in [4.69, 9.17) is 16.9 Å². The summed E-state index contributed by atoms with van der Waals surface area (Å²) in [5.74, 6) is 0. The maximum absolute atomic E-state index is 8.20. The third kappa shape index (κ3) is 3.76. The lowest BCUT2D eigenvalue weighted by Crippen LogP contribution is -2.18. The van der Waals surface area contributed by atoms with Crippen LogP contribution in [0.4, 0.5) is 0 Å². The van der Waals surface area contributed by atoms with Gasteiger partial charge >= 0.3 is 0 Å². The summed E-state index contributed by atoms with van der Waals surface area (Å²) in [6.45, 7) is 2.48. The van der Waals surface area contributed by atoms with Crippen molar-refractivity contribution in [2.24, 2.45) is 0 Å². The predicted molar refractivity (Wildman–Crippen MR) is 33.6 cm³/mol. The van der Waals surface area contributed by atoms with E-state index in [2.05, 4.69) is 0 Å². The molecule has 0 aliphatic heterocycles. The van der Waals surface area contributed by atoms with Crippen molar-refractivity contribution in [1.82, 2.24) is 4.90 Å². The Labute approximate surface area is 54.7 Å². The maximum atomic E-state index is 8.20. The van der Waals surface area contributed by atoms with Crippen molar-refractivity contribution in [2.45, 2.75) is 12.3 Å². The minimum atomic E-state index is 0.0552. The molecule has 0 aromatic rings. The van der Waals surface area contributed by atoms with Crippen molar-refractivity contribution in [3.8, 4) is 6.19 Å². The third-order valence-corrected chi connectivity index (χ3v) is 0.834. The molecule has 0 fully saturated rings. The quantitative estimate of drug-likeness (QED) is 0.319. The van der Waals surface area contributed by atoms with Gasteiger partial charge in [0.15, 0.2) is 6.19 Å². The fourth-order valence-electron chi connectivity index (χ4n) is 0.418. The highest BCUT2D eigenvalue weighted by Crippen LogP contribution is 1.93. The summed E-state index contributed by atoms with van der Waals surface area (Å²) in [6.07, 6.45) is 1.95. The number of hydrogen-bond donors (Lipinski definition) is 0. The Bertz CT molecular complexity index is 95.1. The second-order valence-electron chi connectivity index (χ2n) is 1.76. The lowest BCUT2D eigenvalue weighted by molar-refractivity contribution is 0.475. The zero-order valence-corrected chi connectivity index (χ0v) is 5.81. The average Bonchev–Trinajstić information content (AvgIpc) is 1.65. The van der Waals surface area contributed by atoms with Crippen LogP contribution in [0, 0.1) is 11.5 Å². The first-order valence-corrected chi connectivity index (χ1v) is 2.85. The Kier molecular flexibility index (Phi) is 3.38. The van der Waals surface area contributed by atoms with Crippen LogP contribution in [0.3, 0.4) is 0 Å². The molecule has 0 aliphatic carbocycles. The molecule has 0 aliphatic rings. The van der Waals surface area contributed by atoms with Gasteiger partial charge < -0.3 is 4.90 Å². The highest BCUT2D eigenvalue weighted by atomic mass is 35.5. The molecule has 0 amide bonds. The normalized spacial score (nSPS) is 12.2. The number of halogens is 1. The van der Waals surface area contributed by atoms with Crippen LogP contribution in [0.5, 0.6) is 0 Å². The van der Waals surface area contributed by atoms with Gasteiger partial charge in [0.25, 0.3) is 0 Å². The molecule has 0 saturated heterocycles. The van der Waals surface area contributed by atoms with Gasteiger partial charge in [0.1, 0.15) is 0 Å². The van der Waals surface area contributed by atoms with E-state index in [1.807, 2.05) is 13.1 Å². The SMILES string of the molecule is CC(Cl)CN(C)C#N. The highest BCUT2D eigenvalue weighted by Gasteiger charge is 1.97. The van der Waals surface area contributed by atoms with Crippen LogP contribution in [0.1, 0.15) is 6.92 Å². The summed E-state index contributed by atoms with van der Waals surface area (Å²) >= 11 is 5.56. The predicted octanol–water partition coefficient (Wildman–Crippen LogP) is 1.03. The van der Waals surface area contributed by atoms with Gasteiger partial charge in [0, 0.05) is 19.0 Å². The monoisotopic (exact) mass is 132 g/mol. The molecule has 0 spiro atoms. The molecule has 0 N–H and O–H groups in total. The van der Waals surface area contributed by atoms with Gasteiger partial charge in [0.2, 0.25) is 0 Å². The molecule has 1 atom stereocenters. The molecule has 0 rings (SSSR count). The van der Waals surface area contributed by atoms with Crippen LogP contribution in [0.25, 0.3) is 0 Å². The smallest absolute Gasteiger partial charge is 0.179 e. The molecule has 46 valence electrons. The average molecular weight is 133 g/mol. The summed E-state index contributed by atoms with van der Waals surface area (Å²) in [5.41, 5.74) is 0. The van der Waals surface area contributed by atoms with E-state index in [9.17, 15) is 0 Å². The van der Waals surface area contributed by atoms with Crippen LogP contribution in [0.15, 0.2) is 0 Å². The van der Waals surface area contributed by atoms with Gasteiger partial charge in [0.05, 0.1) is 0 Å². The summed E-state index contributed by atoms with van der Waals surface area (Å²) in [5, 5.41) is 8.26. The molecule has 0 aromatic heterocycles. The van der Waals surface area contributed by atoms with E-state index in [1.165, 1.54) is 4.90 Å². The fraction of sp³-hybridized carbons (Fsp3) is 0.800. The molecule has 8 heavy (non-hydrogen) atoms. The summed E-state index contributed by atoms with van der Waals surface area (Å²) in [6, 6.07) is 0. The highest BCUT2D eigenvalue weighted by molar-refractivity contribution is 6.20. The zero-order valence-electron chi connectivity index (χ0n) is 5.06. The van der Waals surface area contributed by atoms with Gasteiger partial charge in [-0.25, -0.2) is 0 Å². The Morgan fingerprint density at radius 2 is 2.38 bits per heavy atom. The Morgan fingerprint density at radius 3 is 2.50 bits per heavy atom. The van der Waals surface area contributed by atoms with Crippen molar-refractivity contribution in [1.29, 1.82) is 5.26 Å². The number of hydrogen-bond acceptors (Lipinski definition) is 2. The first kappa shape index (κ1) is 7.58. The van der Waals surface area contributed by atoms with Crippen LogP contribution in [-0.4, -0.2) is 23.9 Å². The molecule has 0 aromatic carbocycles. The zero-order chi connectivity index (χ0) is 6.57. The van der Waals surface area contributed by atoms with Gasteiger partial charge in [-0.3, -0.25) is 0 Å². The first-order valence-electron chi connectivity index (χ1n) is 2.41. The molecular weight excluding hydrogens is 124 g/mol. The van der Waals surface area contributed by atoms with E-state index >= 15 is 0 Å². The standard InChI is InChI=1S/C5H9ClN2/c1-5(6)3-8(2)4-7/h5H,3H2,1-2H3. The number of nitrogens with zero attached hydrogens (tertiary/aromatic N) is 2. The maximum Gasteiger partial charge on any atom is 0.179 e. The molecule has 3 heteroatoms. The van der Waals surface area contributed by atoms with E-state index in [-0.39, 0.29) is 5.38 Å². The van der Waals surface area contributed by atoms with Crippen LogP contribution in [0.2, 0.25) is 0 Å². The topological polar surface area (TPSA) is 27.0 Å². The van der Waals surface area contributed by atoms with E-state index in [0.29, 0.717) is 6.54 Å². The first-order chi connectivity index (χ1) is 3.66. The number of alkyl halides is 1. The number of rotatable bonds is 2. The Balaban J connectivity index is 3.28. The third-order valence-electron chi connectivity index (χ3n) is 0.696. The molecular formula is C5H9ClN2. The summed E-state index contributed by atoms with van der Waals surface area (Å²) in [4.78, 5) is 1.50. The molecule has 0 radical (unpaired) electrons. The molecule has 0 heterocycles. The molecule has 1 unspecified atom stereocenters. The van der Waals surface area contributed by atoms with Crippen LogP contribution in [-0.2, 0) is 0 Å². The summed E-state index contributed by atoms with van der Waals surface area (Å²) in [7, 11) is 1.71. The van der Waals surface area contributed by atoms with Gasteiger partial charge in [-0.05, 0) is 6.92 Å². The van der Waals surface area contributed by atoms with E-state index in [1.54, 1.807) is 7.05 Å². The molecule has 2 nitrogen and oxygen atoms in total. The Morgan fingerprint density at radius 1 is 1.88 bits per heavy atom. The Hall–Kier alpha value is -0.420. The van der Waals surface area contributed by atoms with Crippen molar-refractivity contribution >= 4 is 11.6 Å². The minimum Gasteiger partial charge on any atom is -0.312 e.